The van der Waals surface area contributed by atoms with Crippen LogP contribution < -0.4 is 10.6 Å². The van der Waals surface area contributed by atoms with Crippen molar-refractivity contribution in [1.82, 2.24) is 10.6 Å². The molecule has 0 aromatic carbocycles. The molecule has 0 unspecified atom stereocenters. The van der Waals surface area contributed by atoms with Crippen molar-refractivity contribution in [2.24, 2.45) is 16.3 Å². The number of rotatable bonds is 4. The summed E-state index contributed by atoms with van der Waals surface area (Å²) in [6, 6.07) is 0.0902. The van der Waals surface area contributed by atoms with Gasteiger partial charge in [0.05, 0.1) is 5.92 Å². The predicted molar refractivity (Wildman–Crippen MR) is 100 cm³/mol. The number of aliphatic imine (C=N–C) groups is 1. The smallest absolute Gasteiger partial charge is 0.356 e. The molecule has 0 radical (unpaired) electrons. The minimum Gasteiger partial charge on any atom is -0.356 e. The second-order valence-electron chi connectivity index (χ2n) is 7.40. The summed E-state index contributed by atoms with van der Waals surface area (Å²) in [5.41, 5.74) is 0.314. The normalized spacial score (nSPS) is 23.2. The third-order valence-corrected chi connectivity index (χ3v) is 4.15. The number of nitrogens with one attached hydrogen (secondary N) is 2. The molecule has 0 atom stereocenters. The SMILES string of the molecule is CN=C(NCCCC(C)(C)C)NC1CCC(C(F)(F)F)CC1.I. The molecule has 138 valence electrons. The van der Waals surface area contributed by atoms with Crippen LogP contribution in [0.4, 0.5) is 13.2 Å². The minimum absolute atomic E-state index is 0. The molecule has 1 saturated carbocycles. The third-order valence-electron chi connectivity index (χ3n) is 4.15. The van der Waals surface area contributed by atoms with Crippen molar-refractivity contribution >= 4 is 29.9 Å². The molecule has 3 nitrogen and oxygen atoms in total. The quantitative estimate of drug-likeness (QED) is 0.282. The molecule has 7 heteroatoms. The maximum Gasteiger partial charge on any atom is 0.391 e. The number of halogens is 4. The van der Waals surface area contributed by atoms with Crippen molar-refractivity contribution in [1.29, 1.82) is 0 Å². The van der Waals surface area contributed by atoms with E-state index in [2.05, 4.69) is 36.4 Å². The molecule has 1 aliphatic carbocycles. The summed E-state index contributed by atoms with van der Waals surface area (Å²) >= 11 is 0. The molecule has 2 N–H and O–H groups in total. The van der Waals surface area contributed by atoms with Gasteiger partial charge in [-0.25, -0.2) is 0 Å². The lowest BCUT2D eigenvalue weighted by molar-refractivity contribution is -0.182. The highest BCUT2D eigenvalue weighted by Crippen LogP contribution is 2.37. The van der Waals surface area contributed by atoms with Crippen LogP contribution in [-0.2, 0) is 0 Å². The van der Waals surface area contributed by atoms with E-state index in [1.165, 1.54) is 0 Å². The Morgan fingerprint density at radius 1 is 1.09 bits per heavy atom. The van der Waals surface area contributed by atoms with Crippen LogP contribution in [0, 0.1) is 11.3 Å². The predicted octanol–water partition coefficient (Wildman–Crippen LogP) is 4.72. The summed E-state index contributed by atoms with van der Waals surface area (Å²) in [6.07, 6.45) is -0.360. The van der Waals surface area contributed by atoms with Gasteiger partial charge in [-0.3, -0.25) is 4.99 Å². The Bertz CT molecular complexity index is 357. The second-order valence-corrected chi connectivity index (χ2v) is 7.40. The van der Waals surface area contributed by atoms with Crippen LogP contribution in [0.1, 0.15) is 59.3 Å². The van der Waals surface area contributed by atoms with Gasteiger partial charge in [-0.15, -0.1) is 24.0 Å². The third kappa shape index (κ3) is 9.62. The number of hydrogen-bond acceptors (Lipinski definition) is 1. The van der Waals surface area contributed by atoms with Gasteiger partial charge in [-0.1, -0.05) is 20.8 Å². The zero-order chi connectivity index (χ0) is 16.8. The topological polar surface area (TPSA) is 36.4 Å². The van der Waals surface area contributed by atoms with Crippen molar-refractivity contribution in [2.45, 2.75) is 71.5 Å². The molecule has 1 aliphatic rings. The van der Waals surface area contributed by atoms with E-state index in [1.54, 1.807) is 7.05 Å². The highest BCUT2D eigenvalue weighted by molar-refractivity contribution is 14.0. The van der Waals surface area contributed by atoms with Crippen molar-refractivity contribution < 1.29 is 13.2 Å². The van der Waals surface area contributed by atoms with Crippen LogP contribution in [-0.4, -0.2) is 31.8 Å². The van der Waals surface area contributed by atoms with E-state index in [1.807, 2.05) is 0 Å². The zero-order valence-corrected chi connectivity index (χ0v) is 16.9. The monoisotopic (exact) mass is 449 g/mol. The molecular weight excluding hydrogens is 418 g/mol. The average molecular weight is 449 g/mol. The number of guanidine groups is 1. The first-order chi connectivity index (χ1) is 10.1. The number of hydrogen-bond donors (Lipinski definition) is 2. The molecule has 0 aliphatic heterocycles. The summed E-state index contributed by atoms with van der Waals surface area (Å²) in [4.78, 5) is 4.16. The first-order valence-electron chi connectivity index (χ1n) is 8.16. The Balaban J connectivity index is 0.00000484. The molecule has 0 aromatic rings. The van der Waals surface area contributed by atoms with E-state index in [-0.39, 0.29) is 42.9 Å². The first-order valence-corrected chi connectivity index (χ1v) is 8.16. The summed E-state index contributed by atoms with van der Waals surface area (Å²) in [7, 11) is 1.69. The van der Waals surface area contributed by atoms with Crippen LogP contribution in [0.15, 0.2) is 4.99 Å². The standard InChI is InChI=1S/C16H30F3N3.HI/c1-15(2,3)10-5-11-21-14(20-4)22-13-8-6-12(7-9-13)16(17,18)19;/h12-13H,5-11H2,1-4H3,(H2,20,21,22);1H. The van der Waals surface area contributed by atoms with Crippen LogP contribution in [0.3, 0.4) is 0 Å². The Hall–Kier alpha value is -0.210. The lowest BCUT2D eigenvalue weighted by Gasteiger charge is -2.31. The maximum atomic E-state index is 12.6. The fourth-order valence-electron chi connectivity index (χ4n) is 2.78. The molecule has 0 bridgehead atoms. The molecule has 0 heterocycles. The fourth-order valence-corrected chi connectivity index (χ4v) is 2.78. The zero-order valence-electron chi connectivity index (χ0n) is 14.6. The molecule has 0 saturated heterocycles. The van der Waals surface area contributed by atoms with Crippen LogP contribution in [0.2, 0.25) is 0 Å². The number of nitrogens with zero attached hydrogens (tertiary/aromatic N) is 1. The Morgan fingerprint density at radius 3 is 2.09 bits per heavy atom. The van der Waals surface area contributed by atoms with Gasteiger partial charge >= 0.3 is 6.18 Å². The lowest BCUT2D eigenvalue weighted by atomic mass is 9.85. The van der Waals surface area contributed by atoms with Gasteiger partial charge in [-0.05, 0) is 43.9 Å². The molecule has 0 spiro atoms. The lowest BCUT2D eigenvalue weighted by Crippen LogP contribution is -2.46. The summed E-state index contributed by atoms with van der Waals surface area (Å²) < 4.78 is 37.9. The molecule has 23 heavy (non-hydrogen) atoms. The van der Waals surface area contributed by atoms with Gasteiger partial charge < -0.3 is 10.6 Å². The van der Waals surface area contributed by atoms with Gasteiger partial charge in [-0.2, -0.15) is 13.2 Å². The van der Waals surface area contributed by atoms with Gasteiger partial charge in [0, 0.05) is 19.6 Å². The first kappa shape index (κ1) is 22.8. The van der Waals surface area contributed by atoms with Crippen molar-refractivity contribution in [3.63, 3.8) is 0 Å². The van der Waals surface area contributed by atoms with E-state index in [9.17, 15) is 13.2 Å². The molecule has 1 rings (SSSR count). The van der Waals surface area contributed by atoms with E-state index in [0.29, 0.717) is 24.2 Å². The Labute approximate surface area is 155 Å². The molecule has 0 aromatic heterocycles. The molecular formula is C16H31F3IN3. The summed E-state index contributed by atoms with van der Waals surface area (Å²) in [5, 5.41) is 6.49. The minimum atomic E-state index is -4.04. The van der Waals surface area contributed by atoms with E-state index in [0.717, 1.165) is 19.4 Å². The van der Waals surface area contributed by atoms with Gasteiger partial charge in [0.2, 0.25) is 0 Å². The van der Waals surface area contributed by atoms with Crippen LogP contribution in [0.5, 0.6) is 0 Å². The summed E-state index contributed by atoms with van der Waals surface area (Å²) in [6.45, 7) is 7.45. The second kappa shape index (κ2) is 9.93. The molecule has 0 amide bonds. The van der Waals surface area contributed by atoms with Gasteiger partial charge in [0.25, 0.3) is 0 Å². The van der Waals surface area contributed by atoms with E-state index >= 15 is 0 Å². The van der Waals surface area contributed by atoms with Gasteiger partial charge in [0.1, 0.15) is 0 Å². The number of alkyl halides is 3. The van der Waals surface area contributed by atoms with Gasteiger partial charge in [0.15, 0.2) is 5.96 Å². The Kier molecular flexibility index (Phi) is 9.84. The van der Waals surface area contributed by atoms with E-state index < -0.39 is 12.1 Å². The van der Waals surface area contributed by atoms with Crippen molar-refractivity contribution in [3.8, 4) is 0 Å². The highest BCUT2D eigenvalue weighted by Gasteiger charge is 2.41. The Morgan fingerprint density at radius 2 is 1.65 bits per heavy atom. The largest absolute Gasteiger partial charge is 0.391 e. The van der Waals surface area contributed by atoms with E-state index in [4.69, 9.17) is 0 Å². The fraction of sp³-hybridized carbons (Fsp3) is 0.938. The van der Waals surface area contributed by atoms with Crippen LogP contribution in [0.25, 0.3) is 0 Å². The van der Waals surface area contributed by atoms with Crippen molar-refractivity contribution in [2.75, 3.05) is 13.6 Å². The highest BCUT2D eigenvalue weighted by atomic mass is 127. The molecule has 1 fully saturated rings. The maximum absolute atomic E-state index is 12.6. The van der Waals surface area contributed by atoms with Crippen LogP contribution >= 0.6 is 24.0 Å². The van der Waals surface area contributed by atoms with Crippen molar-refractivity contribution in [3.05, 3.63) is 0 Å². The summed E-state index contributed by atoms with van der Waals surface area (Å²) in [5.74, 6) is -0.434. The average Bonchev–Trinajstić information content (AvgIpc) is 2.40.